The second-order valence-corrected chi connectivity index (χ2v) is 6.53. The van der Waals surface area contributed by atoms with Gasteiger partial charge in [-0.25, -0.2) is 4.98 Å². The van der Waals surface area contributed by atoms with Gasteiger partial charge in [0.1, 0.15) is 5.52 Å². The third-order valence-corrected chi connectivity index (χ3v) is 4.66. The second-order valence-electron chi connectivity index (χ2n) is 6.53. The van der Waals surface area contributed by atoms with Crippen LogP contribution in [0.1, 0.15) is 12.3 Å². The lowest BCUT2D eigenvalue weighted by Gasteiger charge is -2.18. The van der Waals surface area contributed by atoms with E-state index in [1.165, 1.54) is 11.8 Å². The molecule has 0 saturated carbocycles. The van der Waals surface area contributed by atoms with Crippen molar-refractivity contribution in [2.45, 2.75) is 6.42 Å². The number of carbonyl (C=O) groups excluding carboxylic acids is 1. The third-order valence-electron chi connectivity index (χ3n) is 4.66. The van der Waals surface area contributed by atoms with Crippen LogP contribution in [-0.2, 0) is 4.79 Å². The van der Waals surface area contributed by atoms with Crippen LogP contribution in [0.3, 0.4) is 0 Å². The number of para-hydroxylation sites is 3. The average Bonchev–Trinajstić information content (AvgIpc) is 3.32. The van der Waals surface area contributed by atoms with Crippen LogP contribution in [-0.4, -0.2) is 30.5 Å². The van der Waals surface area contributed by atoms with E-state index >= 15 is 0 Å². The molecule has 0 spiro atoms. The molecular weight excluding hydrogens is 326 g/mol. The van der Waals surface area contributed by atoms with Gasteiger partial charge in [0.15, 0.2) is 5.58 Å². The Labute approximate surface area is 152 Å². The molecule has 5 nitrogen and oxygen atoms in total. The number of nitrogens with zero attached hydrogens (tertiary/aromatic N) is 2. The lowest BCUT2D eigenvalue weighted by molar-refractivity contribution is -0.116. The van der Waals surface area contributed by atoms with E-state index in [2.05, 4.69) is 39.5 Å². The minimum atomic E-state index is -0.120. The van der Waals surface area contributed by atoms with Gasteiger partial charge in [0.05, 0.1) is 0 Å². The lowest BCUT2D eigenvalue weighted by atomic mass is 10.1. The zero-order valence-corrected chi connectivity index (χ0v) is 14.5. The molecule has 1 saturated heterocycles. The highest BCUT2D eigenvalue weighted by molar-refractivity contribution is 5.91. The Hall–Kier alpha value is -3.08. The van der Waals surface area contributed by atoms with Crippen LogP contribution in [0.25, 0.3) is 17.2 Å². The largest absolute Gasteiger partial charge is 0.437 e. The quantitative estimate of drug-likeness (QED) is 0.718. The molecule has 1 aliphatic rings. The Morgan fingerprint density at radius 3 is 2.85 bits per heavy atom. The molecule has 1 aliphatic heterocycles. The maximum Gasteiger partial charge on any atom is 0.244 e. The van der Waals surface area contributed by atoms with Gasteiger partial charge in [-0.05, 0) is 36.6 Å². The topological polar surface area (TPSA) is 58.4 Å². The molecule has 1 atom stereocenters. The van der Waals surface area contributed by atoms with Crippen LogP contribution in [0.2, 0.25) is 0 Å². The van der Waals surface area contributed by atoms with E-state index in [-0.39, 0.29) is 5.91 Å². The van der Waals surface area contributed by atoms with Crippen LogP contribution in [0.4, 0.5) is 5.69 Å². The van der Waals surface area contributed by atoms with Gasteiger partial charge >= 0.3 is 0 Å². The summed E-state index contributed by atoms with van der Waals surface area (Å²) < 4.78 is 5.57. The molecule has 26 heavy (non-hydrogen) atoms. The van der Waals surface area contributed by atoms with E-state index in [1.807, 2.05) is 30.3 Å². The molecule has 3 aromatic rings. The highest BCUT2D eigenvalue weighted by Gasteiger charge is 2.22. The zero-order chi connectivity index (χ0) is 17.8. The Morgan fingerprint density at radius 2 is 2.00 bits per heavy atom. The van der Waals surface area contributed by atoms with Gasteiger partial charge in [0, 0.05) is 37.5 Å². The van der Waals surface area contributed by atoms with E-state index in [4.69, 9.17) is 4.42 Å². The first-order chi connectivity index (χ1) is 12.8. The summed E-state index contributed by atoms with van der Waals surface area (Å²) in [4.78, 5) is 18.8. The van der Waals surface area contributed by atoms with Crippen LogP contribution in [0.5, 0.6) is 0 Å². The van der Waals surface area contributed by atoms with Crippen molar-refractivity contribution in [1.82, 2.24) is 10.3 Å². The van der Waals surface area contributed by atoms with Crippen molar-refractivity contribution in [2.75, 3.05) is 24.5 Å². The van der Waals surface area contributed by atoms with Crippen molar-refractivity contribution >= 4 is 28.8 Å². The molecule has 0 aliphatic carbocycles. The average molecular weight is 347 g/mol. The first kappa shape index (κ1) is 16.4. The van der Waals surface area contributed by atoms with Gasteiger partial charge in [-0.3, -0.25) is 4.79 Å². The molecule has 2 aromatic carbocycles. The number of carbonyl (C=O) groups is 1. The molecule has 132 valence electrons. The zero-order valence-electron chi connectivity index (χ0n) is 14.5. The Kier molecular flexibility index (Phi) is 4.69. The molecule has 0 unspecified atom stereocenters. The molecular formula is C21H21N3O2. The van der Waals surface area contributed by atoms with Crippen LogP contribution in [0, 0.1) is 5.92 Å². The standard InChI is InChI=1S/C21H21N3O2/c25-20(10-11-21-23-18-8-4-5-9-19(18)26-21)22-14-16-12-13-24(15-16)17-6-2-1-3-7-17/h1-11,16H,12-15H2,(H,22,25)/b11-10-/t16-/m1/s1. The summed E-state index contributed by atoms with van der Waals surface area (Å²) in [5.41, 5.74) is 2.76. The Balaban J connectivity index is 1.27. The molecule has 1 N–H and O–H groups in total. The fourth-order valence-corrected chi connectivity index (χ4v) is 3.28. The smallest absolute Gasteiger partial charge is 0.244 e. The van der Waals surface area contributed by atoms with Gasteiger partial charge < -0.3 is 14.6 Å². The Bertz CT molecular complexity index is 884. The maximum atomic E-state index is 12.1. The van der Waals surface area contributed by atoms with E-state index in [0.717, 1.165) is 30.6 Å². The van der Waals surface area contributed by atoms with Crippen molar-refractivity contribution in [3.05, 3.63) is 66.6 Å². The van der Waals surface area contributed by atoms with Crippen molar-refractivity contribution in [2.24, 2.45) is 5.92 Å². The summed E-state index contributed by atoms with van der Waals surface area (Å²) in [6.07, 6.45) is 4.18. The summed E-state index contributed by atoms with van der Waals surface area (Å²) in [5.74, 6) is 0.791. The van der Waals surface area contributed by atoms with Crippen LogP contribution >= 0.6 is 0 Å². The fraction of sp³-hybridized carbons (Fsp3) is 0.238. The normalized spacial score (nSPS) is 17.2. The number of amides is 1. The second kappa shape index (κ2) is 7.44. The van der Waals surface area contributed by atoms with Gasteiger partial charge in [-0.1, -0.05) is 30.3 Å². The lowest BCUT2D eigenvalue weighted by Crippen LogP contribution is -2.29. The van der Waals surface area contributed by atoms with Gasteiger partial charge in [-0.15, -0.1) is 0 Å². The van der Waals surface area contributed by atoms with Crippen molar-refractivity contribution < 1.29 is 9.21 Å². The number of nitrogens with one attached hydrogen (secondary N) is 1. The molecule has 0 bridgehead atoms. The Morgan fingerprint density at radius 1 is 1.19 bits per heavy atom. The molecule has 5 heteroatoms. The minimum absolute atomic E-state index is 0.120. The summed E-state index contributed by atoms with van der Waals surface area (Å²) >= 11 is 0. The van der Waals surface area contributed by atoms with E-state index < -0.39 is 0 Å². The summed E-state index contributed by atoms with van der Waals surface area (Å²) in [5, 5.41) is 2.98. The monoisotopic (exact) mass is 347 g/mol. The van der Waals surface area contributed by atoms with Gasteiger partial charge in [0.25, 0.3) is 0 Å². The predicted molar refractivity (Wildman–Crippen MR) is 103 cm³/mol. The number of rotatable bonds is 5. The predicted octanol–water partition coefficient (Wildman–Crippen LogP) is 3.48. The van der Waals surface area contributed by atoms with Gasteiger partial charge in [0.2, 0.25) is 11.8 Å². The molecule has 1 amide bonds. The van der Waals surface area contributed by atoms with Crippen molar-refractivity contribution in [3.63, 3.8) is 0 Å². The molecule has 1 fully saturated rings. The van der Waals surface area contributed by atoms with E-state index in [0.29, 0.717) is 18.4 Å². The van der Waals surface area contributed by atoms with Crippen LogP contribution in [0.15, 0.2) is 65.1 Å². The first-order valence-electron chi connectivity index (χ1n) is 8.89. The molecule has 4 rings (SSSR count). The fourth-order valence-electron chi connectivity index (χ4n) is 3.28. The number of hydrogen-bond acceptors (Lipinski definition) is 4. The number of fused-ring (bicyclic) bond motifs is 1. The third kappa shape index (κ3) is 3.77. The van der Waals surface area contributed by atoms with Crippen LogP contribution < -0.4 is 10.2 Å². The number of hydrogen-bond donors (Lipinski definition) is 1. The summed E-state index contributed by atoms with van der Waals surface area (Å²) in [6.45, 7) is 2.68. The van der Waals surface area contributed by atoms with Crippen molar-refractivity contribution in [3.8, 4) is 0 Å². The highest BCUT2D eigenvalue weighted by Crippen LogP contribution is 2.23. The molecule has 1 aromatic heterocycles. The number of aromatic nitrogens is 1. The summed E-state index contributed by atoms with van der Waals surface area (Å²) in [6, 6.07) is 17.9. The maximum absolute atomic E-state index is 12.1. The molecule has 2 heterocycles. The first-order valence-corrected chi connectivity index (χ1v) is 8.89. The van der Waals surface area contributed by atoms with Gasteiger partial charge in [-0.2, -0.15) is 0 Å². The summed E-state index contributed by atoms with van der Waals surface area (Å²) in [7, 11) is 0. The van der Waals surface area contributed by atoms with E-state index in [1.54, 1.807) is 6.08 Å². The number of anilines is 1. The SMILES string of the molecule is O=C(/C=C\c1nc2ccccc2o1)NC[C@H]1CCN(c2ccccc2)C1. The van der Waals surface area contributed by atoms with E-state index in [9.17, 15) is 4.79 Å². The highest BCUT2D eigenvalue weighted by atomic mass is 16.3. The minimum Gasteiger partial charge on any atom is -0.437 e. The molecule has 0 radical (unpaired) electrons. The van der Waals surface area contributed by atoms with Crippen molar-refractivity contribution in [1.29, 1.82) is 0 Å². The number of benzene rings is 2. The number of oxazole rings is 1.